The third kappa shape index (κ3) is 5.26. The summed E-state index contributed by atoms with van der Waals surface area (Å²) in [4.78, 5) is 31.4. The minimum atomic E-state index is -0.333. The van der Waals surface area contributed by atoms with Crippen molar-refractivity contribution in [2.45, 2.75) is 19.9 Å². The highest BCUT2D eigenvalue weighted by molar-refractivity contribution is 7.15. The van der Waals surface area contributed by atoms with Crippen LogP contribution in [0.15, 0.2) is 18.2 Å². The molecule has 1 aliphatic rings. The second-order valence-corrected chi connectivity index (χ2v) is 7.62. The summed E-state index contributed by atoms with van der Waals surface area (Å²) in [5, 5.41) is 3.27. The second-order valence-electron chi connectivity index (χ2n) is 6.54. The first-order valence-electron chi connectivity index (χ1n) is 9.68. The van der Waals surface area contributed by atoms with Gasteiger partial charge in [0, 0.05) is 23.9 Å². The number of carbonyl (C=O) groups excluding carboxylic acids is 2. The summed E-state index contributed by atoms with van der Waals surface area (Å²) in [5.41, 5.74) is 1.61. The Morgan fingerprint density at radius 3 is 2.52 bits per heavy atom. The molecule has 0 saturated carbocycles. The molecule has 0 unspecified atom stereocenters. The molecular weight excluding hydrogens is 422 g/mol. The van der Waals surface area contributed by atoms with E-state index in [0.717, 1.165) is 10.6 Å². The monoisotopic (exact) mass is 447 g/mol. The fourth-order valence-corrected chi connectivity index (χ4v) is 4.16. The smallest absolute Gasteiger partial charge is 0.410 e. The summed E-state index contributed by atoms with van der Waals surface area (Å²) in [5.74, 6) is 1.17. The fourth-order valence-electron chi connectivity index (χ4n) is 3.14. The molecule has 0 saturated heterocycles. The lowest BCUT2D eigenvalue weighted by atomic mass is 10.1. The molecule has 166 valence electrons. The van der Waals surface area contributed by atoms with Crippen LogP contribution in [0.25, 0.3) is 6.08 Å². The van der Waals surface area contributed by atoms with Crippen LogP contribution in [0.2, 0.25) is 0 Å². The number of nitrogens with one attached hydrogen (secondary N) is 1. The fraction of sp³-hybridized carbons (Fsp3) is 0.381. The van der Waals surface area contributed by atoms with Crippen molar-refractivity contribution in [3.63, 3.8) is 0 Å². The SMILES string of the molecule is CCOC(=O)N1CCc2nc(NC(=O)/C=C\c3cc(OC)c(OC)c(OC)c3)sc2C1. The summed E-state index contributed by atoms with van der Waals surface area (Å²) < 4.78 is 21.0. The van der Waals surface area contributed by atoms with Crippen LogP contribution in [0, 0.1) is 0 Å². The number of hydrogen-bond donors (Lipinski definition) is 1. The molecule has 0 fully saturated rings. The Labute approximate surface area is 184 Å². The molecule has 0 aliphatic carbocycles. The summed E-state index contributed by atoms with van der Waals surface area (Å²) in [6, 6.07) is 3.49. The van der Waals surface area contributed by atoms with E-state index in [9.17, 15) is 9.59 Å². The van der Waals surface area contributed by atoms with Gasteiger partial charge in [-0.25, -0.2) is 9.78 Å². The van der Waals surface area contributed by atoms with Gasteiger partial charge < -0.3 is 23.8 Å². The van der Waals surface area contributed by atoms with Gasteiger partial charge in [0.15, 0.2) is 16.6 Å². The van der Waals surface area contributed by atoms with E-state index in [1.54, 1.807) is 30.0 Å². The number of anilines is 1. The number of carbonyl (C=O) groups is 2. The summed E-state index contributed by atoms with van der Waals surface area (Å²) in [6.45, 7) is 3.09. The number of hydrogen-bond acceptors (Lipinski definition) is 8. The molecule has 1 aromatic heterocycles. The number of ether oxygens (including phenoxy) is 4. The van der Waals surface area contributed by atoms with Crippen LogP contribution in [-0.2, 0) is 22.5 Å². The largest absolute Gasteiger partial charge is 0.493 e. The van der Waals surface area contributed by atoms with E-state index < -0.39 is 0 Å². The number of aromatic nitrogens is 1. The molecule has 31 heavy (non-hydrogen) atoms. The molecule has 1 aromatic carbocycles. The molecule has 3 rings (SSSR count). The summed E-state index contributed by atoms with van der Waals surface area (Å²) >= 11 is 1.36. The van der Waals surface area contributed by atoms with Crippen LogP contribution >= 0.6 is 11.3 Å². The molecule has 0 bridgehead atoms. The maximum atomic E-state index is 12.4. The molecule has 9 nitrogen and oxygen atoms in total. The average Bonchev–Trinajstić information content (AvgIpc) is 3.18. The Balaban J connectivity index is 1.67. The molecule has 2 heterocycles. The number of methoxy groups -OCH3 is 3. The highest BCUT2D eigenvalue weighted by atomic mass is 32.1. The number of rotatable bonds is 7. The number of nitrogens with zero attached hydrogens (tertiary/aromatic N) is 2. The van der Waals surface area contributed by atoms with Gasteiger partial charge in [-0.1, -0.05) is 11.3 Å². The Kier molecular flexibility index (Phi) is 7.35. The van der Waals surface area contributed by atoms with Crippen molar-refractivity contribution in [2.24, 2.45) is 0 Å². The van der Waals surface area contributed by atoms with Crippen molar-refractivity contribution in [1.82, 2.24) is 9.88 Å². The molecule has 1 N–H and O–H groups in total. The predicted molar refractivity (Wildman–Crippen MR) is 117 cm³/mol. The zero-order valence-electron chi connectivity index (χ0n) is 17.9. The quantitative estimate of drug-likeness (QED) is 0.650. The van der Waals surface area contributed by atoms with Crippen molar-refractivity contribution in [1.29, 1.82) is 0 Å². The van der Waals surface area contributed by atoms with E-state index in [2.05, 4.69) is 10.3 Å². The van der Waals surface area contributed by atoms with E-state index in [0.29, 0.717) is 54.1 Å². The molecule has 2 aromatic rings. The number of thiazole rings is 1. The van der Waals surface area contributed by atoms with Crippen molar-refractivity contribution in [3.05, 3.63) is 34.3 Å². The Morgan fingerprint density at radius 2 is 1.90 bits per heavy atom. The first-order valence-corrected chi connectivity index (χ1v) is 10.5. The van der Waals surface area contributed by atoms with Gasteiger partial charge in [-0.05, 0) is 30.7 Å². The van der Waals surface area contributed by atoms with Gasteiger partial charge in [0.25, 0.3) is 0 Å². The topological polar surface area (TPSA) is 99.2 Å². The third-order valence-electron chi connectivity index (χ3n) is 4.60. The zero-order chi connectivity index (χ0) is 22.4. The van der Waals surface area contributed by atoms with E-state index in [-0.39, 0.29) is 12.0 Å². The first kappa shape index (κ1) is 22.4. The normalized spacial score (nSPS) is 13.0. The minimum Gasteiger partial charge on any atom is -0.493 e. The van der Waals surface area contributed by atoms with Crippen LogP contribution in [0.4, 0.5) is 9.93 Å². The van der Waals surface area contributed by atoms with Crippen molar-refractivity contribution in [3.8, 4) is 17.2 Å². The highest BCUT2D eigenvalue weighted by Gasteiger charge is 2.25. The molecule has 0 spiro atoms. The van der Waals surface area contributed by atoms with Gasteiger partial charge in [0.05, 0.1) is 40.2 Å². The molecule has 0 atom stereocenters. The second kappa shape index (κ2) is 10.2. The predicted octanol–water partition coefficient (Wildman–Crippen LogP) is 3.34. The lowest BCUT2D eigenvalue weighted by molar-refractivity contribution is -0.111. The van der Waals surface area contributed by atoms with Gasteiger partial charge in [-0.15, -0.1) is 0 Å². The van der Waals surface area contributed by atoms with Crippen LogP contribution < -0.4 is 19.5 Å². The van der Waals surface area contributed by atoms with Crippen molar-refractivity contribution in [2.75, 3.05) is 39.8 Å². The Hall–Kier alpha value is -3.27. The maximum absolute atomic E-state index is 12.4. The molecular formula is C21H25N3O6S. The lowest BCUT2D eigenvalue weighted by Crippen LogP contribution is -2.35. The van der Waals surface area contributed by atoms with E-state index in [1.165, 1.54) is 38.7 Å². The Morgan fingerprint density at radius 1 is 1.19 bits per heavy atom. The molecule has 1 aliphatic heterocycles. The standard InChI is InChI=1S/C21H25N3O6S/c1-5-30-21(26)24-9-8-14-17(12-24)31-20(22-14)23-18(25)7-6-13-10-15(27-2)19(29-4)16(11-13)28-3/h6-7,10-11H,5,8-9,12H2,1-4H3,(H,22,23,25)/b7-6-. The summed E-state index contributed by atoms with van der Waals surface area (Å²) in [7, 11) is 4.60. The average molecular weight is 448 g/mol. The van der Waals surface area contributed by atoms with Gasteiger partial charge in [-0.2, -0.15) is 0 Å². The van der Waals surface area contributed by atoms with Gasteiger partial charge in [0.2, 0.25) is 11.7 Å². The van der Waals surface area contributed by atoms with Gasteiger partial charge in [-0.3, -0.25) is 10.1 Å². The summed E-state index contributed by atoms with van der Waals surface area (Å²) in [6.07, 6.45) is 3.35. The number of amides is 2. The van der Waals surface area contributed by atoms with Gasteiger partial charge >= 0.3 is 6.09 Å². The van der Waals surface area contributed by atoms with Crippen molar-refractivity contribution >= 4 is 34.5 Å². The minimum absolute atomic E-state index is 0.318. The van der Waals surface area contributed by atoms with Gasteiger partial charge in [0.1, 0.15) is 0 Å². The molecule has 0 radical (unpaired) electrons. The van der Waals surface area contributed by atoms with E-state index in [4.69, 9.17) is 18.9 Å². The van der Waals surface area contributed by atoms with Crippen LogP contribution in [0.3, 0.4) is 0 Å². The Bertz CT molecular complexity index is 962. The van der Waals surface area contributed by atoms with Crippen LogP contribution in [0.1, 0.15) is 23.1 Å². The van der Waals surface area contributed by atoms with Crippen molar-refractivity contribution < 1.29 is 28.5 Å². The van der Waals surface area contributed by atoms with Crippen LogP contribution in [-0.4, -0.2) is 56.4 Å². The van der Waals surface area contributed by atoms with E-state index in [1.807, 2.05) is 0 Å². The maximum Gasteiger partial charge on any atom is 0.410 e. The lowest BCUT2D eigenvalue weighted by Gasteiger charge is -2.24. The molecule has 2 amide bonds. The number of benzene rings is 1. The number of fused-ring (bicyclic) bond motifs is 1. The first-order chi connectivity index (χ1) is 15.0. The van der Waals surface area contributed by atoms with E-state index >= 15 is 0 Å². The third-order valence-corrected chi connectivity index (χ3v) is 5.60. The zero-order valence-corrected chi connectivity index (χ0v) is 18.7. The van der Waals surface area contributed by atoms with Crippen LogP contribution in [0.5, 0.6) is 17.2 Å². The molecule has 10 heteroatoms. The highest BCUT2D eigenvalue weighted by Crippen LogP contribution is 2.38.